The topological polar surface area (TPSA) is 66.8 Å². The third kappa shape index (κ3) is 3.17. The maximum absolute atomic E-state index is 12.0. The van der Waals surface area contributed by atoms with E-state index in [1.54, 1.807) is 24.3 Å². The quantitative estimate of drug-likeness (QED) is 0.662. The maximum atomic E-state index is 12.0. The zero-order valence-corrected chi connectivity index (χ0v) is 10.9. The number of methoxy groups -OCH3 is 1. The molecular weight excluding hydrogens is 256 g/mol. The first kappa shape index (κ1) is 13.7. The minimum Gasteiger partial charge on any atom is -0.508 e. The lowest BCUT2D eigenvalue weighted by Crippen LogP contribution is -1.96. The first-order valence-corrected chi connectivity index (χ1v) is 5.98. The molecule has 0 bridgehead atoms. The number of phenols is 2. The maximum Gasteiger partial charge on any atom is 0.189 e. The molecule has 2 rings (SSSR count). The van der Waals surface area contributed by atoms with E-state index in [0.717, 1.165) is 5.56 Å². The van der Waals surface area contributed by atoms with Crippen molar-refractivity contribution in [3.63, 3.8) is 0 Å². The number of phenolic OH excluding ortho intramolecular Hbond substituents is 2. The SMILES string of the molecule is COc1ccc(O)c(C(=O)/C=C/c2ccc(O)cc2)c1. The van der Waals surface area contributed by atoms with Gasteiger partial charge in [0.05, 0.1) is 12.7 Å². The number of carbonyl (C=O) groups excluding carboxylic acids is 1. The Kier molecular flexibility index (Phi) is 4.05. The van der Waals surface area contributed by atoms with E-state index in [-0.39, 0.29) is 22.8 Å². The Morgan fingerprint density at radius 3 is 2.45 bits per heavy atom. The van der Waals surface area contributed by atoms with Crippen LogP contribution < -0.4 is 4.74 Å². The number of ketones is 1. The average Bonchev–Trinajstić information content (AvgIpc) is 2.47. The molecule has 0 saturated carbocycles. The fourth-order valence-corrected chi connectivity index (χ4v) is 1.69. The molecule has 20 heavy (non-hydrogen) atoms. The van der Waals surface area contributed by atoms with Crippen molar-refractivity contribution in [1.29, 1.82) is 0 Å². The second kappa shape index (κ2) is 5.93. The summed E-state index contributed by atoms with van der Waals surface area (Å²) in [6.07, 6.45) is 2.97. The Morgan fingerprint density at radius 1 is 1.10 bits per heavy atom. The van der Waals surface area contributed by atoms with Crippen LogP contribution in [0.3, 0.4) is 0 Å². The van der Waals surface area contributed by atoms with Crippen molar-refractivity contribution in [2.75, 3.05) is 7.11 Å². The number of hydrogen-bond donors (Lipinski definition) is 2. The first-order chi connectivity index (χ1) is 9.60. The summed E-state index contributed by atoms with van der Waals surface area (Å²) in [5, 5.41) is 18.9. The van der Waals surface area contributed by atoms with Crippen molar-refractivity contribution < 1.29 is 19.7 Å². The summed E-state index contributed by atoms with van der Waals surface area (Å²) < 4.78 is 5.02. The van der Waals surface area contributed by atoms with Crippen LogP contribution in [0.5, 0.6) is 17.2 Å². The monoisotopic (exact) mass is 270 g/mol. The predicted octanol–water partition coefficient (Wildman–Crippen LogP) is 3.00. The van der Waals surface area contributed by atoms with Crippen molar-refractivity contribution in [2.24, 2.45) is 0 Å². The lowest BCUT2D eigenvalue weighted by atomic mass is 10.1. The summed E-state index contributed by atoms with van der Waals surface area (Å²) in [5.41, 5.74) is 0.956. The highest BCUT2D eigenvalue weighted by Gasteiger charge is 2.09. The van der Waals surface area contributed by atoms with Crippen LogP contribution in [-0.2, 0) is 0 Å². The van der Waals surface area contributed by atoms with Gasteiger partial charge in [-0.1, -0.05) is 18.2 Å². The summed E-state index contributed by atoms with van der Waals surface area (Å²) in [7, 11) is 1.49. The van der Waals surface area contributed by atoms with Crippen molar-refractivity contribution in [3.05, 3.63) is 59.7 Å². The molecule has 102 valence electrons. The van der Waals surface area contributed by atoms with Crippen LogP contribution in [-0.4, -0.2) is 23.1 Å². The molecule has 0 aliphatic carbocycles. The highest BCUT2D eigenvalue weighted by atomic mass is 16.5. The molecule has 4 heteroatoms. The van der Waals surface area contributed by atoms with Crippen LogP contribution in [0.15, 0.2) is 48.5 Å². The summed E-state index contributed by atoms with van der Waals surface area (Å²) in [6, 6.07) is 10.9. The van der Waals surface area contributed by atoms with Gasteiger partial charge in [0.1, 0.15) is 17.2 Å². The fourth-order valence-electron chi connectivity index (χ4n) is 1.69. The molecule has 0 amide bonds. The molecule has 2 aromatic rings. The fraction of sp³-hybridized carbons (Fsp3) is 0.0625. The molecule has 0 saturated heterocycles. The zero-order chi connectivity index (χ0) is 14.5. The number of aromatic hydroxyl groups is 2. The molecule has 0 unspecified atom stereocenters. The predicted molar refractivity (Wildman–Crippen MR) is 76.1 cm³/mol. The number of carbonyl (C=O) groups is 1. The van der Waals surface area contributed by atoms with E-state index < -0.39 is 0 Å². The summed E-state index contributed by atoms with van der Waals surface area (Å²) >= 11 is 0. The van der Waals surface area contributed by atoms with Gasteiger partial charge < -0.3 is 14.9 Å². The molecular formula is C16H14O4. The average molecular weight is 270 g/mol. The van der Waals surface area contributed by atoms with Gasteiger partial charge in [-0.3, -0.25) is 4.79 Å². The number of benzene rings is 2. The van der Waals surface area contributed by atoms with Gasteiger partial charge >= 0.3 is 0 Å². The van der Waals surface area contributed by atoms with Crippen molar-refractivity contribution in [2.45, 2.75) is 0 Å². The van der Waals surface area contributed by atoms with Gasteiger partial charge in [0.2, 0.25) is 0 Å². The number of rotatable bonds is 4. The highest BCUT2D eigenvalue weighted by molar-refractivity contribution is 6.08. The van der Waals surface area contributed by atoms with Crippen LogP contribution >= 0.6 is 0 Å². The lowest BCUT2D eigenvalue weighted by molar-refractivity contribution is 0.104. The molecule has 0 heterocycles. The Labute approximate surface area is 116 Å². The van der Waals surface area contributed by atoms with Crippen LogP contribution in [0.2, 0.25) is 0 Å². The van der Waals surface area contributed by atoms with E-state index in [4.69, 9.17) is 9.84 Å². The van der Waals surface area contributed by atoms with E-state index in [1.807, 2.05) is 0 Å². The molecule has 0 aliphatic rings. The zero-order valence-electron chi connectivity index (χ0n) is 10.9. The lowest BCUT2D eigenvalue weighted by Gasteiger charge is -2.04. The molecule has 0 atom stereocenters. The Morgan fingerprint density at radius 2 is 1.80 bits per heavy atom. The molecule has 2 aromatic carbocycles. The Balaban J connectivity index is 2.21. The third-order valence-electron chi connectivity index (χ3n) is 2.79. The number of allylic oxidation sites excluding steroid dienone is 1. The van der Waals surface area contributed by atoms with Crippen molar-refractivity contribution >= 4 is 11.9 Å². The van der Waals surface area contributed by atoms with Crippen LogP contribution in [0.25, 0.3) is 6.08 Å². The summed E-state index contributed by atoms with van der Waals surface area (Å²) in [5.74, 6) is 0.253. The second-order valence-corrected chi connectivity index (χ2v) is 4.17. The van der Waals surface area contributed by atoms with Crippen LogP contribution in [0.1, 0.15) is 15.9 Å². The molecule has 0 spiro atoms. The van der Waals surface area contributed by atoms with Crippen molar-refractivity contribution in [3.8, 4) is 17.2 Å². The van der Waals surface area contributed by atoms with Gasteiger partial charge in [-0.05, 0) is 42.0 Å². The third-order valence-corrected chi connectivity index (χ3v) is 2.79. The standard InChI is InChI=1S/C16H14O4/c1-20-13-7-9-16(19)14(10-13)15(18)8-4-11-2-5-12(17)6-3-11/h2-10,17,19H,1H3/b8-4+. The van der Waals surface area contributed by atoms with Crippen LogP contribution in [0, 0.1) is 0 Å². The number of ether oxygens (including phenoxy) is 1. The van der Waals surface area contributed by atoms with Crippen molar-refractivity contribution in [1.82, 2.24) is 0 Å². The minimum absolute atomic E-state index is 0.0915. The van der Waals surface area contributed by atoms with E-state index in [2.05, 4.69) is 0 Å². The van der Waals surface area contributed by atoms with Crippen LogP contribution in [0.4, 0.5) is 0 Å². The Bertz CT molecular complexity index is 642. The van der Waals surface area contributed by atoms with Gasteiger partial charge in [0.15, 0.2) is 5.78 Å². The summed E-state index contributed by atoms with van der Waals surface area (Å²) in [6.45, 7) is 0. The molecule has 0 aliphatic heterocycles. The van der Waals surface area contributed by atoms with E-state index >= 15 is 0 Å². The summed E-state index contributed by atoms with van der Waals surface area (Å²) in [4.78, 5) is 12.0. The molecule has 0 aromatic heterocycles. The van der Waals surface area contributed by atoms with E-state index in [1.165, 1.54) is 37.5 Å². The molecule has 0 radical (unpaired) electrons. The largest absolute Gasteiger partial charge is 0.508 e. The number of hydrogen-bond acceptors (Lipinski definition) is 4. The Hall–Kier alpha value is -2.75. The second-order valence-electron chi connectivity index (χ2n) is 4.17. The van der Waals surface area contributed by atoms with E-state index in [9.17, 15) is 9.90 Å². The van der Waals surface area contributed by atoms with Gasteiger partial charge in [-0.15, -0.1) is 0 Å². The minimum atomic E-state index is -0.325. The molecule has 4 nitrogen and oxygen atoms in total. The molecule has 2 N–H and O–H groups in total. The first-order valence-electron chi connectivity index (χ1n) is 5.98. The van der Waals surface area contributed by atoms with Gasteiger partial charge in [-0.25, -0.2) is 0 Å². The molecule has 0 fully saturated rings. The highest BCUT2D eigenvalue weighted by Crippen LogP contribution is 2.23. The normalized spacial score (nSPS) is 10.7. The smallest absolute Gasteiger partial charge is 0.189 e. The van der Waals surface area contributed by atoms with Gasteiger partial charge in [0.25, 0.3) is 0 Å². The van der Waals surface area contributed by atoms with E-state index in [0.29, 0.717) is 5.75 Å². The van der Waals surface area contributed by atoms with Gasteiger partial charge in [0, 0.05) is 0 Å². The van der Waals surface area contributed by atoms with Gasteiger partial charge in [-0.2, -0.15) is 0 Å².